The Morgan fingerprint density at radius 2 is 2.29 bits per heavy atom. The Bertz CT molecular complexity index is 308. The van der Waals surface area contributed by atoms with Crippen molar-refractivity contribution in [2.45, 2.75) is 6.54 Å². The first-order valence-corrected chi connectivity index (χ1v) is 3.99. The number of nitrogens with one attached hydrogen (secondary N) is 2. The van der Waals surface area contributed by atoms with Crippen LogP contribution in [0.4, 0.5) is 4.79 Å². The molecule has 1 aromatic rings. The van der Waals surface area contributed by atoms with Crippen LogP contribution in [0.15, 0.2) is 23.0 Å². The average Bonchev–Trinajstić information content (AvgIpc) is 2.55. The van der Waals surface area contributed by atoms with Crippen molar-refractivity contribution >= 4 is 11.9 Å². The van der Waals surface area contributed by atoms with E-state index in [4.69, 9.17) is 10.2 Å². The molecule has 76 valence electrons. The number of amides is 3. The van der Waals surface area contributed by atoms with Gasteiger partial charge in [0.1, 0.15) is 0 Å². The molecule has 0 saturated heterocycles. The summed E-state index contributed by atoms with van der Waals surface area (Å²) in [6.45, 7) is 0.538. The van der Waals surface area contributed by atoms with Crippen LogP contribution in [0.5, 0.6) is 0 Å². The molecule has 1 rings (SSSR count). The van der Waals surface area contributed by atoms with E-state index >= 15 is 0 Å². The number of hydrogen-bond acceptors (Lipinski definition) is 4. The van der Waals surface area contributed by atoms with Gasteiger partial charge in [0.05, 0.1) is 19.1 Å². The molecule has 6 nitrogen and oxygen atoms in total. The van der Waals surface area contributed by atoms with Gasteiger partial charge in [-0.3, -0.25) is 10.1 Å². The minimum atomic E-state index is -0.847. The first-order valence-electron chi connectivity index (χ1n) is 3.99. The molecule has 0 radical (unpaired) electrons. The van der Waals surface area contributed by atoms with Crippen LogP contribution in [0.1, 0.15) is 5.56 Å². The largest absolute Gasteiger partial charge is 0.472 e. The van der Waals surface area contributed by atoms with E-state index in [1.54, 1.807) is 18.6 Å². The monoisotopic (exact) mass is 197 g/mol. The van der Waals surface area contributed by atoms with E-state index < -0.39 is 11.9 Å². The Balaban J connectivity index is 2.15. The lowest BCUT2D eigenvalue weighted by Crippen LogP contribution is -2.40. The van der Waals surface area contributed by atoms with Crippen LogP contribution >= 0.6 is 0 Å². The Morgan fingerprint density at radius 3 is 2.86 bits per heavy atom. The van der Waals surface area contributed by atoms with Crippen molar-refractivity contribution in [2.24, 2.45) is 5.73 Å². The fraction of sp³-hybridized carbons (Fsp3) is 0.250. The third kappa shape index (κ3) is 3.72. The van der Waals surface area contributed by atoms with Gasteiger partial charge in [-0.2, -0.15) is 0 Å². The number of imide groups is 1. The summed E-state index contributed by atoms with van der Waals surface area (Å²) >= 11 is 0. The molecule has 1 heterocycles. The SMILES string of the molecule is NC(=O)NC(=O)CNCc1ccoc1. The summed E-state index contributed by atoms with van der Waals surface area (Å²) in [5.41, 5.74) is 5.67. The smallest absolute Gasteiger partial charge is 0.318 e. The van der Waals surface area contributed by atoms with Crippen LogP contribution in [0.2, 0.25) is 0 Å². The topological polar surface area (TPSA) is 97.4 Å². The van der Waals surface area contributed by atoms with Crippen molar-refractivity contribution < 1.29 is 14.0 Å². The van der Waals surface area contributed by atoms with Crippen LogP contribution in [0, 0.1) is 0 Å². The van der Waals surface area contributed by atoms with Crippen molar-refractivity contribution in [3.05, 3.63) is 24.2 Å². The molecule has 0 bridgehead atoms. The van der Waals surface area contributed by atoms with Gasteiger partial charge in [0.2, 0.25) is 5.91 Å². The highest BCUT2D eigenvalue weighted by Crippen LogP contribution is 1.97. The Labute approximate surface area is 80.4 Å². The van der Waals surface area contributed by atoms with E-state index in [1.807, 2.05) is 5.32 Å². The van der Waals surface area contributed by atoms with Crippen molar-refractivity contribution in [2.75, 3.05) is 6.54 Å². The number of carbonyl (C=O) groups excluding carboxylic acids is 2. The summed E-state index contributed by atoms with van der Waals surface area (Å²) in [7, 11) is 0. The predicted octanol–water partition coefficient (Wildman–Crippen LogP) is -0.436. The maximum Gasteiger partial charge on any atom is 0.318 e. The molecule has 0 aliphatic carbocycles. The first-order chi connectivity index (χ1) is 6.68. The molecule has 6 heteroatoms. The minimum absolute atomic E-state index is 0.0358. The summed E-state index contributed by atoms with van der Waals surface area (Å²) in [4.78, 5) is 21.1. The molecular formula is C8H11N3O3. The summed E-state index contributed by atoms with van der Waals surface area (Å²) in [5.74, 6) is -0.457. The van der Waals surface area contributed by atoms with E-state index in [9.17, 15) is 9.59 Å². The molecule has 0 aliphatic heterocycles. The zero-order chi connectivity index (χ0) is 10.4. The number of nitrogens with two attached hydrogens (primary N) is 1. The van der Waals surface area contributed by atoms with Crippen molar-refractivity contribution in [3.8, 4) is 0 Å². The normalized spacial score (nSPS) is 9.71. The van der Waals surface area contributed by atoms with E-state index in [-0.39, 0.29) is 6.54 Å². The Kier molecular flexibility index (Phi) is 3.69. The number of rotatable bonds is 4. The lowest BCUT2D eigenvalue weighted by atomic mass is 10.3. The van der Waals surface area contributed by atoms with Crippen LogP contribution in [0.25, 0.3) is 0 Å². The molecule has 0 atom stereocenters. The quantitative estimate of drug-likeness (QED) is 0.609. The fourth-order valence-electron chi connectivity index (χ4n) is 0.895. The third-order valence-electron chi connectivity index (χ3n) is 1.46. The standard InChI is InChI=1S/C8H11N3O3/c9-8(13)11-7(12)4-10-3-6-1-2-14-5-6/h1-2,5,10H,3-4H2,(H3,9,11,12,13). The summed E-state index contributed by atoms with van der Waals surface area (Å²) in [6, 6.07) is 0.930. The molecule has 0 spiro atoms. The first kappa shape index (κ1) is 10.3. The summed E-state index contributed by atoms with van der Waals surface area (Å²) < 4.78 is 4.82. The van der Waals surface area contributed by atoms with E-state index in [1.165, 1.54) is 0 Å². The minimum Gasteiger partial charge on any atom is -0.472 e. The van der Waals surface area contributed by atoms with Gasteiger partial charge in [-0.25, -0.2) is 4.79 Å². The predicted molar refractivity (Wildman–Crippen MR) is 48.1 cm³/mol. The molecule has 0 unspecified atom stereocenters. The highest BCUT2D eigenvalue weighted by atomic mass is 16.3. The number of hydrogen-bond donors (Lipinski definition) is 3. The Hall–Kier alpha value is -1.82. The second-order valence-corrected chi connectivity index (χ2v) is 2.65. The molecule has 1 aromatic heterocycles. The molecule has 0 aromatic carbocycles. The van der Waals surface area contributed by atoms with Crippen molar-refractivity contribution in [3.63, 3.8) is 0 Å². The highest BCUT2D eigenvalue weighted by Gasteiger charge is 2.02. The van der Waals surface area contributed by atoms with E-state index in [0.717, 1.165) is 5.56 Å². The maximum absolute atomic E-state index is 10.9. The molecule has 0 saturated carbocycles. The van der Waals surface area contributed by atoms with Gasteiger partial charge >= 0.3 is 6.03 Å². The zero-order valence-corrected chi connectivity index (χ0v) is 7.45. The number of furan rings is 1. The fourth-order valence-corrected chi connectivity index (χ4v) is 0.895. The lowest BCUT2D eigenvalue weighted by molar-refractivity contribution is -0.119. The Morgan fingerprint density at radius 1 is 1.50 bits per heavy atom. The number of urea groups is 1. The number of primary amides is 1. The molecule has 0 aliphatic rings. The third-order valence-corrected chi connectivity index (χ3v) is 1.46. The second kappa shape index (κ2) is 5.03. The van der Waals surface area contributed by atoms with Gasteiger partial charge in [-0.05, 0) is 6.07 Å². The van der Waals surface area contributed by atoms with Crippen LogP contribution < -0.4 is 16.4 Å². The van der Waals surface area contributed by atoms with Crippen LogP contribution in [0.3, 0.4) is 0 Å². The molecular weight excluding hydrogens is 186 g/mol. The van der Waals surface area contributed by atoms with Gasteiger partial charge < -0.3 is 15.5 Å². The average molecular weight is 197 g/mol. The van der Waals surface area contributed by atoms with Gasteiger partial charge in [0, 0.05) is 12.1 Å². The van der Waals surface area contributed by atoms with Crippen molar-refractivity contribution in [1.82, 2.24) is 10.6 Å². The molecule has 14 heavy (non-hydrogen) atoms. The van der Waals surface area contributed by atoms with Gasteiger partial charge in [0.15, 0.2) is 0 Å². The van der Waals surface area contributed by atoms with Crippen LogP contribution in [-0.2, 0) is 11.3 Å². The molecule has 3 amide bonds. The zero-order valence-electron chi connectivity index (χ0n) is 7.45. The second-order valence-electron chi connectivity index (χ2n) is 2.65. The summed E-state index contributed by atoms with van der Waals surface area (Å²) in [5, 5.41) is 4.75. The number of carbonyl (C=O) groups is 2. The van der Waals surface area contributed by atoms with Crippen LogP contribution in [-0.4, -0.2) is 18.5 Å². The highest BCUT2D eigenvalue weighted by molar-refractivity contribution is 5.94. The van der Waals surface area contributed by atoms with E-state index in [0.29, 0.717) is 6.54 Å². The van der Waals surface area contributed by atoms with Crippen molar-refractivity contribution in [1.29, 1.82) is 0 Å². The van der Waals surface area contributed by atoms with Gasteiger partial charge in [-0.1, -0.05) is 0 Å². The molecule has 0 fully saturated rings. The molecule has 4 N–H and O–H groups in total. The lowest BCUT2D eigenvalue weighted by Gasteiger charge is -2.01. The maximum atomic E-state index is 10.9. The van der Waals surface area contributed by atoms with Gasteiger partial charge in [0.25, 0.3) is 0 Å². The summed E-state index contributed by atoms with van der Waals surface area (Å²) in [6.07, 6.45) is 3.11. The van der Waals surface area contributed by atoms with E-state index in [2.05, 4.69) is 5.32 Å². The van der Waals surface area contributed by atoms with Gasteiger partial charge in [-0.15, -0.1) is 0 Å².